The molecular weight excluding hydrogens is 336 g/mol. The average Bonchev–Trinajstić information content (AvgIpc) is 2.87. The fraction of sp³-hybridized carbons (Fsp3) is 0.0667. The minimum absolute atomic E-state index is 0.0904. The molecule has 0 aliphatic carbocycles. The first-order valence-corrected chi connectivity index (χ1v) is 7.66. The second-order valence-electron chi connectivity index (χ2n) is 4.42. The number of amides is 1. The van der Waals surface area contributed by atoms with Gasteiger partial charge in [0, 0.05) is 16.6 Å². The molecule has 0 spiro atoms. The van der Waals surface area contributed by atoms with Gasteiger partial charge in [0.15, 0.2) is 0 Å². The van der Waals surface area contributed by atoms with Crippen molar-refractivity contribution in [2.24, 2.45) is 0 Å². The van der Waals surface area contributed by atoms with Gasteiger partial charge in [-0.1, -0.05) is 18.2 Å². The molecule has 0 unspecified atom stereocenters. The zero-order valence-electron chi connectivity index (χ0n) is 10.7. The molecule has 1 N–H and O–H groups in total. The molecule has 3 rings (SSSR count). The molecule has 0 fully saturated rings. The number of nitrogens with zero attached hydrogens (tertiary/aromatic N) is 1. The van der Waals surface area contributed by atoms with Crippen molar-refractivity contribution in [2.45, 2.75) is 6.92 Å². The number of carbonyl (C=O) groups excluding carboxylic acids is 1. The van der Waals surface area contributed by atoms with Crippen molar-refractivity contribution < 1.29 is 4.79 Å². The second kappa shape index (κ2) is 5.34. The lowest BCUT2D eigenvalue weighted by atomic mass is 10.2. The lowest BCUT2D eigenvalue weighted by Crippen LogP contribution is -2.11. The van der Waals surface area contributed by atoms with Gasteiger partial charge in [-0.25, -0.2) is 4.98 Å². The highest BCUT2D eigenvalue weighted by atomic mass is 79.9. The van der Waals surface area contributed by atoms with Crippen LogP contribution in [0.4, 0.5) is 5.69 Å². The van der Waals surface area contributed by atoms with E-state index in [1.54, 1.807) is 12.3 Å². The molecule has 0 atom stereocenters. The predicted molar refractivity (Wildman–Crippen MR) is 86.5 cm³/mol. The number of aromatic nitrogens is 1. The third-order valence-electron chi connectivity index (χ3n) is 2.97. The van der Waals surface area contributed by atoms with Crippen LogP contribution in [-0.4, -0.2) is 10.9 Å². The smallest absolute Gasteiger partial charge is 0.265 e. The van der Waals surface area contributed by atoms with Crippen LogP contribution in [-0.2, 0) is 0 Å². The van der Waals surface area contributed by atoms with Crippen molar-refractivity contribution in [3.05, 3.63) is 57.6 Å². The van der Waals surface area contributed by atoms with Crippen molar-refractivity contribution in [3.63, 3.8) is 0 Å². The zero-order chi connectivity index (χ0) is 14.1. The van der Waals surface area contributed by atoms with Gasteiger partial charge in [-0.2, -0.15) is 0 Å². The Labute approximate surface area is 128 Å². The number of pyridine rings is 1. The first-order chi connectivity index (χ1) is 9.63. The van der Waals surface area contributed by atoms with Gasteiger partial charge >= 0.3 is 0 Å². The summed E-state index contributed by atoms with van der Waals surface area (Å²) in [6, 6.07) is 11.7. The SMILES string of the molecule is Cc1cnc(Br)cc1NC(=O)c1cc2ccccc2s1. The summed E-state index contributed by atoms with van der Waals surface area (Å²) in [6.07, 6.45) is 1.73. The predicted octanol–water partition coefficient (Wildman–Crippen LogP) is 4.62. The standard InChI is InChI=1S/C15H11BrN2OS/c1-9-8-17-14(16)7-11(9)18-15(19)13-6-10-4-2-3-5-12(10)20-13/h2-8H,1H3,(H,17,18,19). The maximum atomic E-state index is 12.3. The lowest BCUT2D eigenvalue weighted by Gasteiger charge is -2.07. The molecule has 3 nitrogen and oxygen atoms in total. The van der Waals surface area contributed by atoms with Crippen molar-refractivity contribution in [1.82, 2.24) is 4.98 Å². The Bertz CT molecular complexity index is 764. The Balaban J connectivity index is 1.90. The van der Waals surface area contributed by atoms with E-state index in [0.717, 1.165) is 21.3 Å². The summed E-state index contributed by atoms with van der Waals surface area (Å²) in [4.78, 5) is 17.1. The molecule has 0 saturated heterocycles. The van der Waals surface area contributed by atoms with Gasteiger partial charge in [-0.15, -0.1) is 11.3 Å². The molecule has 0 bridgehead atoms. The molecule has 0 aliphatic heterocycles. The highest BCUT2D eigenvalue weighted by molar-refractivity contribution is 9.10. The van der Waals surface area contributed by atoms with E-state index in [9.17, 15) is 4.79 Å². The average molecular weight is 347 g/mol. The van der Waals surface area contributed by atoms with Crippen LogP contribution in [0, 0.1) is 6.92 Å². The van der Waals surface area contributed by atoms with Crippen LogP contribution in [0.1, 0.15) is 15.2 Å². The maximum absolute atomic E-state index is 12.3. The number of thiophene rings is 1. The van der Waals surface area contributed by atoms with Crippen LogP contribution in [0.5, 0.6) is 0 Å². The first kappa shape index (κ1) is 13.3. The summed E-state index contributed by atoms with van der Waals surface area (Å²) in [5.74, 6) is -0.0904. The normalized spacial score (nSPS) is 10.7. The Hall–Kier alpha value is -1.72. The number of nitrogens with one attached hydrogen (secondary N) is 1. The number of fused-ring (bicyclic) bond motifs is 1. The number of anilines is 1. The number of hydrogen-bond acceptors (Lipinski definition) is 3. The number of benzene rings is 1. The Morgan fingerprint density at radius 2 is 2.10 bits per heavy atom. The molecule has 5 heteroatoms. The van der Waals surface area contributed by atoms with Gasteiger partial charge in [0.25, 0.3) is 5.91 Å². The quantitative estimate of drug-likeness (QED) is 0.688. The van der Waals surface area contributed by atoms with Crippen LogP contribution < -0.4 is 5.32 Å². The molecule has 3 aromatic rings. The fourth-order valence-corrected chi connectivity index (χ4v) is 3.20. The number of aryl methyl sites for hydroxylation is 1. The van der Waals surface area contributed by atoms with E-state index in [4.69, 9.17) is 0 Å². The highest BCUT2D eigenvalue weighted by Gasteiger charge is 2.11. The largest absolute Gasteiger partial charge is 0.321 e. The van der Waals surface area contributed by atoms with Gasteiger partial charge in [0.1, 0.15) is 4.60 Å². The van der Waals surface area contributed by atoms with Crippen LogP contribution in [0.3, 0.4) is 0 Å². The van der Waals surface area contributed by atoms with Gasteiger partial charge in [-0.05, 0) is 52.0 Å². The van der Waals surface area contributed by atoms with E-state index < -0.39 is 0 Å². The summed E-state index contributed by atoms with van der Waals surface area (Å²) in [5.41, 5.74) is 1.71. The zero-order valence-corrected chi connectivity index (χ0v) is 13.1. The molecular formula is C15H11BrN2OS. The Kier molecular flexibility index (Phi) is 3.54. The van der Waals surface area contributed by atoms with Crippen molar-refractivity contribution >= 4 is 48.9 Å². The van der Waals surface area contributed by atoms with Crippen molar-refractivity contribution in [1.29, 1.82) is 0 Å². The summed E-state index contributed by atoms with van der Waals surface area (Å²) in [5, 5.41) is 4.02. The third kappa shape index (κ3) is 2.59. The number of halogens is 1. The van der Waals surface area contributed by atoms with E-state index >= 15 is 0 Å². The highest BCUT2D eigenvalue weighted by Crippen LogP contribution is 2.26. The van der Waals surface area contributed by atoms with Crippen LogP contribution in [0.15, 0.2) is 47.2 Å². The first-order valence-electron chi connectivity index (χ1n) is 6.05. The maximum Gasteiger partial charge on any atom is 0.265 e. The number of carbonyl (C=O) groups is 1. The minimum atomic E-state index is -0.0904. The number of hydrogen-bond donors (Lipinski definition) is 1. The summed E-state index contributed by atoms with van der Waals surface area (Å²) in [6.45, 7) is 1.92. The molecule has 0 aliphatic rings. The van der Waals surface area contributed by atoms with E-state index in [2.05, 4.69) is 26.2 Å². The van der Waals surface area contributed by atoms with E-state index in [-0.39, 0.29) is 5.91 Å². The summed E-state index contributed by atoms with van der Waals surface area (Å²) >= 11 is 4.81. The molecule has 2 aromatic heterocycles. The summed E-state index contributed by atoms with van der Waals surface area (Å²) < 4.78 is 1.82. The second-order valence-corrected chi connectivity index (χ2v) is 6.32. The van der Waals surface area contributed by atoms with E-state index in [0.29, 0.717) is 9.48 Å². The Morgan fingerprint density at radius 1 is 1.30 bits per heavy atom. The fourth-order valence-electron chi connectivity index (χ4n) is 1.91. The minimum Gasteiger partial charge on any atom is -0.321 e. The number of rotatable bonds is 2. The third-order valence-corrected chi connectivity index (χ3v) is 4.52. The van der Waals surface area contributed by atoms with Gasteiger partial charge in [-0.3, -0.25) is 4.79 Å². The molecule has 1 aromatic carbocycles. The summed E-state index contributed by atoms with van der Waals surface area (Å²) in [7, 11) is 0. The van der Waals surface area contributed by atoms with Gasteiger partial charge in [0.05, 0.1) is 4.88 Å². The van der Waals surface area contributed by atoms with Crippen LogP contribution >= 0.6 is 27.3 Å². The molecule has 20 heavy (non-hydrogen) atoms. The molecule has 0 radical (unpaired) electrons. The van der Waals surface area contributed by atoms with Gasteiger partial charge < -0.3 is 5.32 Å². The monoisotopic (exact) mass is 346 g/mol. The topological polar surface area (TPSA) is 42.0 Å². The molecule has 0 saturated carbocycles. The van der Waals surface area contributed by atoms with Gasteiger partial charge in [0.2, 0.25) is 0 Å². The van der Waals surface area contributed by atoms with Crippen molar-refractivity contribution in [3.8, 4) is 0 Å². The van der Waals surface area contributed by atoms with Crippen molar-refractivity contribution in [2.75, 3.05) is 5.32 Å². The van der Waals surface area contributed by atoms with Crippen LogP contribution in [0.25, 0.3) is 10.1 Å². The lowest BCUT2D eigenvalue weighted by molar-refractivity contribution is 0.103. The molecule has 100 valence electrons. The van der Waals surface area contributed by atoms with Crippen LogP contribution in [0.2, 0.25) is 0 Å². The van der Waals surface area contributed by atoms with E-state index in [1.165, 1.54) is 11.3 Å². The molecule has 1 amide bonds. The van der Waals surface area contributed by atoms with E-state index in [1.807, 2.05) is 37.3 Å². The Morgan fingerprint density at radius 3 is 2.90 bits per heavy atom. The molecule has 2 heterocycles.